The highest BCUT2D eigenvalue weighted by Crippen LogP contribution is 2.51. The van der Waals surface area contributed by atoms with Crippen molar-refractivity contribution >= 4 is 138 Å². The van der Waals surface area contributed by atoms with Gasteiger partial charge in [-0.2, -0.15) is 0 Å². The Hall–Kier alpha value is -8.55. The minimum atomic E-state index is -0.0249. The first kappa shape index (κ1) is 57.9. The Balaban J connectivity index is 0.948. The molecule has 0 atom stereocenters. The molecule has 15 rings (SSSR count). The minimum Gasteiger partial charge on any atom is -0.311 e. The second-order valence-electron chi connectivity index (χ2n) is 29.1. The van der Waals surface area contributed by atoms with Gasteiger partial charge in [0.25, 0.3) is 0 Å². The van der Waals surface area contributed by atoms with Crippen LogP contribution >= 0.6 is 23.5 Å². The molecular formula is C82H76B2N4S2. The smallest absolute Gasteiger partial charge is 0.249 e. The van der Waals surface area contributed by atoms with Crippen molar-refractivity contribution < 1.29 is 0 Å². The number of anilines is 12. The Morgan fingerprint density at radius 3 is 0.878 bits per heavy atom. The molecule has 0 unspecified atom stereocenters. The SMILES string of the molecule is CC(C)(C)c1ccc(N(c2ccc(C(C)(C)C)cc2)c2cc3c4c(c2)N(c2ccccc2)c2ccccc2B4c2cc4c(cc2S3)Sc2cc(N(c3ccc(C(C)(C)C)cc3)c3ccc(C(C)(C)C)cc3)cc3c2B4c2ccccc2N3c2ccccc2)cc1. The van der Waals surface area contributed by atoms with E-state index in [0.29, 0.717) is 0 Å². The monoisotopic (exact) mass is 1200 g/mol. The van der Waals surface area contributed by atoms with E-state index in [1.807, 2.05) is 23.5 Å². The summed E-state index contributed by atoms with van der Waals surface area (Å²) in [6.45, 7) is 27.5. The lowest BCUT2D eigenvalue weighted by Crippen LogP contribution is -2.63. The van der Waals surface area contributed by atoms with Gasteiger partial charge in [-0.3, -0.25) is 0 Å². The maximum atomic E-state index is 2.64. The van der Waals surface area contributed by atoms with Crippen LogP contribution in [-0.4, -0.2) is 13.4 Å². The van der Waals surface area contributed by atoms with Crippen molar-refractivity contribution in [3.8, 4) is 0 Å². The fourth-order valence-corrected chi connectivity index (χ4v) is 16.7. The van der Waals surface area contributed by atoms with Crippen LogP contribution in [0.4, 0.5) is 68.2 Å². The Morgan fingerprint density at radius 2 is 0.567 bits per heavy atom. The molecule has 0 bridgehead atoms. The van der Waals surface area contributed by atoms with Crippen molar-refractivity contribution in [1.82, 2.24) is 0 Å². The standard InChI is InChI=1S/C82H76B2N4S2/c1-79(2,3)53-31-39-59(40-32-53)85(60-41-33-54(34-42-60)80(4,5)6)63-47-71-77-75(49-63)89-73-52-74-68(51-67(73)83(77)65-27-19-21-29-69(65)87(71)57-23-15-13-16-24-57)84-66-28-20-22-30-70(66)88(58-25-17-14-18-26-58)72-48-64(50-76(90-74)78(72)84)86(61-43-35-55(36-44-61)81(7,8)9)62-45-37-56(38-46-62)82(10,11)12/h13-52H,1-12H3. The topological polar surface area (TPSA) is 13.0 Å². The van der Waals surface area contributed by atoms with E-state index in [1.165, 1.54) is 97.4 Å². The van der Waals surface area contributed by atoms with Crippen LogP contribution in [0.15, 0.2) is 262 Å². The van der Waals surface area contributed by atoms with Crippen molar-refractivity contribution in [2.24, 2.45) is 0 Å². The zero-order chi connectivity index (χ0) is 62.2. The van der Waals surface area contributed by atoms with Crippen LogP contribution in [-0.2, 0) is 21.7 Å². The second-order valence-corrected chi connectivity index (χ2v) is 31.2. The van der Waals surface area contributed by atoms with Crippen LogP contribution in [0.2, 0.25) is 0 Å². The van der Waals surface area contributed by atoms with E-state index in [4.69, 9.17) is 0 Å². The maximum absolute atomic E-state index is 2.64. The van der Waals surface area contributed by atoms with E-state index in [1.54, 1.807) is 0 Å². The van der Waals surface area contributed by atoms with Gasteiger partial charge in [0.05, 0.1) is 0 Å². The predicted octanol–water partition coefficient (Wildman–Crippen LogP) is 19.3. The molecule has 0 radical (unpaired) electrons. The summed E-state index contributed by atoms with van der Waals surface area (Å²) in [6.07, 6.45) is 0. The Labute approximate surface area is 543 Å². The number of benzene rings is 11. The minimum absolute atomic E-state index is 0.0154. The van der Waals surface area contributed by atoms with Gasteiger partial charge in [0.1, 0.15) is 0 Å². The average Bonchev–Trinajstić information content (AvgIpc) is 0.709. The van der Waals surface area contributed by atoms with E-state index in [0.717, 1.165) is 45.5 Å². The third kappa shape index (κ3) is 9.97. The van der Waals surface area contributed by atoms with E-state index >= 15 is 0 Å². The molecule has 4 nitrogen and oxygen atoms in total. The summed E-state index contributed by atoms with van der Waals surface area (Å²) < 4.78 is 0. The molecule has 11 aromatic rings. The number of rotatable bonds is 8. The molecule has 0 amide bonds. The van der Waals surface area contributed by atoms with Crippen molar-refractivity contribution in [1.29, 1.82) is 0 Å². The molecule has 11 aromatic carbocycles. The molecule has 90 heavy (non-hydrogen) atoms. The molecule has 4 aliphatic heterocycles. The second kappa shape index (κ2) is 21.6. The molecular weight excluding hydrogens is 1130 g/mol. The van der Waals surface area contributed by atoms with Crippen LogP contribution in [0, 0.1) is 0 Å². The van der Waals surface area contributed by atoms with Gasteiger partial charge in [-0.1, -0.05) is 245 Å². The van der Waals surface area contributed by atoms with Crippen LogP contribution in [0.1, 0.15) is 105 Å². The predicted molar refractivity (Wildman–Crippen MR) is 390 cm³/mol. The summed E-state index contributed by atoms with van der Waals surface area (Å²) in [7, 11) is 0. The summed E-state index contributed by atoms with van der Waals surface area (Å²) in [4.78, 5) is 15.2. The molecule has 8 heteroatoms. The molecule has 0 spiro atoms. The van der Waals surface area contributed by atoms with Gasteiger partial charge in [0, 0.05) is 87.8 Å². The first-order valence-electron chi connectivity index (χ1n) is 32.0. The van der Waals surface area contributed by atoms with E-state index in [-0.39, 0.29) is 35.1 Å². The van der Waals surface area contributed by atoms with Gasteiger partial charge < -0.3 is 19.6 Å². The summed E-state index contributed by atoms with van der Waals surface area (Å²) in [6, 6.07) is 92.8. The van der Waals surface area contributed by atoms with Gasteiger partial charge >= 0.3 is 0 Å². The lowest BCUT2D eigenvalue weighted by atomic mass is 9.32. The van der Waals surface area contributed by atoms with Crippen LogP contribution in [0.3, 0.4) is 0 Å². The Morgan fingerprint density at radius 1 is 0.267 bits per heavy atom. The van der Waals surface area contributed by atoms with Gasteiger partial charge in [-0.15, -0.1) is 0 Å². The highest BCUT2D eigenvalue weighted by atomic mass is 32.2. The Kier molecular flexibility index (Phi) is 13.9. The lowest BCUT2D eigenvalue weighted by molar-refractivity contribution is 0.590. The normalized spacial score (nSPS) is 13.8. The third-order valence-electron chi connectivity index (χ3n) is 19.0. The maximum Gasteiger partial charge on any atom is 0.249 e. The van der Waals surface area contributed by atoms with Crippen molar-refractivity contribution in [3.63, 3.8) is 0 Å². The lowest BCUT2D eigenvalue weighted by Gasteiger charge is -2.43. The molecule has 0 saturated carbocycles. The first-order chi connectivity index (χ1) is 43.2. The molecule has 4 heterocycles. The van der Waals surface area contributed by atoms with Gasteiger partial charge in [0.2, 0.25) is 13.4 Å². The fraction of sp³-hybridized carbons (Fsp3) is 0.195. The number of fused-ring (bicyclic) bond motifs is 8. The van der Waals surface area contributed by atoms with Crippen LogP contribution in [0.5, 0.6) is 0 Å². The Bertz CT molecular complexity index is 4170. The van der Waals surface area contributed by atoms with E-state index in [2.05, 4.69) is 345 Å². The van der Waals surface area contributed by atoms with Crippen LogP contribution < -0.4 is 52.4 Å². The number of hydrogen-bond donors (Lipinski definition) is 0. The first-order valence-corrected chi connectivity index (χ1v) is 33.6. The summed E-state index contributed by atoms with van der Waals surface area (Å²) in [5.41, 5.74) is 27.2. The molecule has 0 N–H and O–H groups in total. The fourth-order valence-electron chi connectivity index (χ4n) is 14.2. The summed E-state index contributed by atoms with van der Waals surface area (Å²) >= 11 is 3.89. The quantitative estimate of drug-likeness (QED) is 0.140. The number of nitrogens with zero attached hydrogens (tertiary/aromatic N) is 4. The van der Waals surface area contributed by atoms with Gasteiger partial charge in [-0.25, -0.2) is 0 Å². The largest absolute Gasteiger partial charge is 0.311 e. The molecule has 0 saturated heterocycles. The van der Waals surface area contributed by atoms with Crippen molar-refractivity contribution in [2.75, 3.05) is 19.6 Å². The number of hydrogen-bond acceptors (Lipinski definition) is 6. The van der Waals surface area contributed by atoms with E-state index < -0.39 is 0 Å². The van der Waals surface area contributed by atoms with Gasteiger partial charge in [0.15, 0.2) is 0 Å². The molecule has 4 aliphatic rings. The number of para-hydroxylation sites is 4. The molecule has 0 aliphatic carbocycles. The van der Waals surface area contributed by atoms with Gasteiger partial charge in [-0.05, 0) is 181 Å². The molecule has 0 aromatic heterocycles. The average molecular weight is 1200 g/mol. The van der Waals surface area contributed by atoms with Crippen LogP contribution in [0.25, 0.3) is 0 Å². The van der Waals surface area contributed by atoms with E-state index in [9.17, 15) is 0 Å². The molecule has 442 valence electrons. The van der Waals surface area contributed by atoms with Crippen molar-refractivity contribution in [2.45, 2.75) is 124 Å². The van der Waals surface area contributed by atoms with Crippen molar-refractivity contribution in [3.05, 3.63) is 265 Å². The molecule has 0 fully saturated rings. The highest BCUT2D eigenvalue weighted by molar-refractivity contribution is 8.01. The zero-order valence-electron chi connectivity index (χ0n) is 53.9. The highest BCUT2D eigenvalue weighted by Gasteiger charge is 2.46. The third-order valence-corrected chi connectivity index (χ3v) is 21.2. The zero-order valence-corrected chi connectivity index (χ0v) is 55.5. The summed E-state index contributed by atoms with van der Waals surface area (Å²) in [5, 5.41) is 0. The summed E-state index contributed by atoms with van der Waals surface area (Å²) in [5.74, 6) is 0.